The van der Waals surface area contributed by atoms with Gasteiger partial charge in [0.15, 0.2) is 0 Å². The van der Waals surface area contributed by atoms with Crippen LogP contribution in [0.25, 0.3) is 65.8 Å². The first-order chi connectivity index (χ1) is 50.3. The number of hydrogen-bond acceptors (Lipinski definition) is 9. The van der Waals surface area contributed by atoms with E-state index >= 15 is 0 Å². The Morgan fingerprint density at radius 2 is 0.387 bits per heavy atom. The number of carbonyl (C=O) groups excluding carboxylic acids is 3. The van der Waals surface area contributed by atoms with Crippen LogP contribution in [0.15, 0.2) is 98.0 Å². The molecule has 0 saturated carbocycles. The van der Waals surface area contributed by atoms with Gasteiger partial charge in [0.2, 0.25) is 17.7 Å². The van der Waals surface area contributed by atoms with Crippen molar-refractivity contribution in [3.63, 3.8) is 0 Å². The van der Waals surface area contributed by atoms with Gasteiger partial charge in [0.05, 0.1) is 0 Å². The molecule has 12 rings (SSSR count). The maximum Gasteiger partial charge on any atom is 0.344 e. The molecule has 3 amide bonds. The molecule has 3 saturated heterocycles. The fourth-order valence-corrected chi connectivity index (χ4v) is 19.1. The molecule has 111 heavy (non-hydrogen) atoms. The van der Waals surface area contributed by atoms with Crippen LogP contribution in [0.1, 0.15) is 355 Å². The molecule has 0 bridgehead atoms. The summed E-state index contributed by atoms with van der Waals surface area (Å²) in [6, 6.07) is 27.6. The average molecular weight is 1570 g/mol. The van der Waals surface area contributed by atoms with E-state index in [0.29, 0.717) is 38.9 Å². The van der Waals surface area contributed by atoms with Crippen LogP contribution in [0, 0.1) is 0 Å². The molecule has 0 spiro atoms. The molecular weight excluding hydrogens is 1430 g/mol. The van der Waals surface area contributed by atoms with Gasteiger partial charge in [0, 0.05) is 105 Å². The molecule has 6 aromatic carbocycles. The van der Waals surface area contributed by atoms with Crippen LogP contribution in [-0.2, 0) is 79.4 Å². The Hall–Kier alpha value is -6.57. The number of fused-ring (bicyclic) bond motifs is 9. The molecule has 0 atom stereocenters. The predicted molar refractivity (Wildman–Crippen MR) is 475 cm³/mol. The second-order valence-corrected chi connectivity index (χ2v) is 48.5. The first kappa shape index (κ1) is 86.8. The second kappa shape index (κ2) is 29.6. The molecule has 12 nitrogen and oxygen atoms in total. The first-order valence-electron chi connectivity index (χ1n) is 40.9. The largest absolute Gasteiger partial charge is 0.403 e. The average Bonchev–Trinajstić information content (AvgIpc) is 1.54. The highest BCUT2D eigenvalue weighted by atomic mass is 31.1. The molecule has 0 unspecified atom stereocenters. The zero-order valence-electron chi connectivity index (χ0n) is 75.1. The highest BCUT2D eigenvalue weighted by molar-refractivity contribution is 7.41. The molecule has 15 heteroatoms. The SMILES string of the molecule is CC(C)(C)c1cc(C(C)(C)C)c2op(N3CCC3=O)oc3c(C(C)(C)C)cc(C(C)(C)C)cc3c2c1.CC(C)(C)c1cc(C(C)(C)C)c2op(N3CCCC3=O)oc3c(C(C)(C)C)cc(C(C)(C)C)cc3c2c1.CC(C)(C)c1cc(C(C)(C)C)c2op(N3CCCCC3=O)oc3c(C(C)(C)C)cc(C(C)(C)C)cc3c2c1. The summed E-state index contributed by atoms with van der Waals surface area (Å²) >= 11 is 0. The number of nitrogens with zero attached hydrogens (tertiary/aromatic N) is 3. The minimum absolute atomic E-state index is 0.0327. The molecule has 606 valence electrons. The lowest BCUT2D eigenvalue weighted by atomic mass is 9.77. The smallest absolute Gasteiger partial charge is 0.344 e. The Bertz CT molecular complexity index is 4960. The van der Waals surface area contributed by atoms with E-state index < -0.39 is 24.5 Å². The van der Waals surface area contributed by atoms with Gasteiger partial charge in [-0.25, -0.2) is 14.0 Å². The van der Waals surface area contributed by atoms with Crippen molar-refractivity contribution in [2.24, 2.45) is 0 Å². The molecule has 0 radical (unpaired) electrons. The zero-order chi connectivity index (χ0) is 83.1. The Kier molecular flexibility index (Phi) is 23.2. The number of β-lactam (4-membered cyclic amide) rings is 1. The van der Waals surface area contributed by atoms with E-state index in [1.54, 1.807) is 4.67 Å². The number of piperidine rings is 1. The van der Waals surface area contributed by atoms with Crippen molar-refractivity contribution in [3.05, 3.63) is 140 Å². The van der Waals surface area contributed by atoms with Crippen molar-refractivity contribution < 1.29 is 39.6 Å². The topological polar surface area (TPSA) is 140 Å². The van der Waals surface area contributed by atoms with E-state index in [1.165, 1.54) is 33.4 Å². The minimum Gasteiger partial charge on any atom is -0.403 e. The summed E-state index contributed by atoms with van der Waals surface area (Å²) in [7, 11) is -4.88. The quantitative estimate of drug-likeness (QED) is 0.158. The zero-order valence-corrected chi connectivity index (χ0v) is 77.8. The van der Waals surface area contributed by atoms with Crippen molar-refractivity contribution in [1.29, 1.82) is 0 Å². The van der Waals surface area contributed by atoms with Crippen molar-refractivity contribution in [2.45, 2.75) is 353 Å². The van der Waals surface area contributed by atoms with E-state index in [1.807, 2.05) is 9.34 Å². The third-order valence-electron chi connectivity index (χ3n) is 22.2. The maximum atomic E-state index is 13.1. The van der Waals surface area contributed by atoms with Crippen LogP contribution in [0.5, 0.6) is 0 Å². The van der Waals surface area contributed by atoms with Crippen molar-refractivity contribution >= 4 is 108 Å². The van der Waals surface area contributed by atoms with Gasteiger partial charge in [0.1, 0.15) is 33.5 Å². The molecule has 3 fully saturated rings. The third kappa shape index (κ3) is 18.6. The van der Waals surface area contributed by atoms with Gasteiger partial charge in [-0.3, -0.25) is 14.4 Å². The van der Waals surface area contributed by atoms with Crippen molar-refractivity contribution in [2.75, 3.05) is 33.6 Å². The van der Waals surface area contributed by atoms with E-state index in [0.717, 1.165) is 118 Å². The highest BCUT2D eigenvalue weighted by Crippen LogP contribution is 2.52. The van der Waals surface area contributed by atoms with Gasteiger partial charge in [-0.05, 0) is 154 Å². The van der Waals surface area contributed by atoms with Gasteiger partial charge in [-0.15, -0.1) is 0 Å². The lowest BCUT2D eigenvalue weighted by molar-refractivity contribution is -0.121. The lowest BCUT2D eigenvalue weighted by Crippen LogP contribution is -2.41. The number of hydrogen-bond donors (Lipinski definition) is 0. The molecule has 3 aliphatic rings. The number of benzene rings is 6. The molecule has 3 aliphatic heterocycles. The van der Waals surface area contributed by atoms with Crippen LogP contribution in [0.3, 0.4) is 0 Å². The summed E-state index contributed by atoms with van der Waals surface area (Å²) in [4.78, 5) is 38.7. The minimum atomic E-state index is -1.65. The number of rotatable bonds is 3. The van der Waals surface area contributed by atoms with Crippen LogP contribution >= 0.6 is 24.5 Å². The Labute approximate surface area is 669 Å². The summed E-state index contributed by atoms with van der Waals surface area (Å²) in [5.41, 5.74) is 18.6. The molecule has 3 aromatic heterocycles. The van der Waals surface area contributed by atoms with Crippen LogP contribution in [-0.4, -0.2) is 37.4 Å². The van der Waals surface area contributed by atoms with Gasteiger partial charge in [-0.2, -0.15) is 0 Å². The van der Waals surface area contributed by atoms with E-state index in [-0.39, 0.29) is 82.7 Å². The Morgan fingerprint density at radius 3 is 0.532 bits per heavy atom. The molecule has 0 aliphatic carbocycles. The number of carbonyl (C=O) groups is 3. The van der Waals surface area contributed by atoms with E-state index in [4.69, 9.17) is 25.2 Å². The summed E-state index contributed by atoms with van der Waals surface area (Å²) in [5.74, 6) is 0.335. The number of amides is 3. The highest BCUT2D eigenvalue weighted by Gasteiger charge is 2.38. The van der Waals surface area contributed by atoms with Crippen LogP contribution in [0.2, 0.25) is 0 Å². The van der Waals surface area contributed by atoms with Gasteiger partial charge < -0.3 is 25.2 Å². The third-order valence-corrected chi connectivity index (χ3v) is 26.7. The van der Waals surface area contributed by atoms with Crippen LogP contribution < -0.4 is 14.0 Å². The summed E-state index contributed by atoms with van der Waals surface area (Å²) in [6.07, 6.45) is 4.39. The van der Waals surface area contributed by atoms with Crippen molar-refractivity contribution in [3.8, 4) is 0 Å². The summed E-state index contributed by atoms with van der Waals surface area (Å²) < 4.78 is 46.6. The monoisotopic (exact) mass is 1570 g/mol. The fourth-order valence-electron chi connectivity index (χ4n) is 14.6. The Balaban J connectivity index is 0.000000177. The normalized spacial score (nSPS) is 15.8. The van der Waals surface area contributed by atoms with Gasteiger partial charge >= 0.3 is 24.5 Å². The predicted octanol–water partition coefficient (Wildman–Crippen LogP) is 29.2. The standard InChI is InChI=1S/C33H48NO3P.C32H46NO3P.C31H44NO3P/c1-30(2,3)21-17-23-24-18-22(31(4,5)6)20-26(33(10,11)12)29(24)37-38(34-16-14-13-15-27(34)35)36-28(23)25(19-21)32(7,8)9;1-29(2,3)20-16-22-23-17-21(30(4,5)6)19-25(32(10,11)12)28(23)36-37(33-15-13-14-26(33)34)35-27(22)24(18-20)31(7,8)9;1-28(2,3)19-15-21-22-16-20(29(4,5)6)18-24(31(10,11)12)27(22)35-36(32-14-13-25(32)33)34-26(21)23(17-19)30(7,8)9/h17-20H,13-16H2,1-12H3;16-19H,13-15H2,1-12H3;15-18H,13-14H2,1-12H3. The van der Waals surface area contributed by atoms with Gasteiger partial charge in [-0.1, -0.05) is 286 Å². The molecule has 0 N–H and O–H groups in total. The Morgan fingerprint density at radius 1 is 0.216 bits per heavy atom. The maximum absolute atomic E-state index is 13.1. The summed E-state index contributed by atoms with van der Waals surface area (Å²) in [5, 5.41) is 6.42. The van der Waals surface area contributed by atoms with Crippen LogP contribution in [0.4, 0.5) is 0 Å². The van der Waals surface area contributed by atoms with Gasteiger partial charge in [0.25, 0.3) is 0 Å². The first-order valence-corrected chi connectivity index (χ1v) is 44.3. The van der Waals surface area contributed by atoms with Crippen molar-refractivity contribution in [1.82, 2.24) is 0 Å². The van der Waals surface area contributed by atoms with E-state index in [2.05, 4.69) is 322 Å². The fraction of sp³-hybridized carbons (Fsp3) is 0.594. The molecule has 6 heterocycles. The van der Waals surface area contributed by atoms with E-state index in [9.17, 15) is 14.4 Å². The summed E-state index contributed by atoms with van der Waals surface area (Å²) in [6.45, 7) is 83.0. The molecule has 9 aromatic rings. The lowest BCUT2D eigenvalue weighted by Gasteiger charge is -2.27. The molecular formula is C96H138N3O9P3. The second-order valence-electron chi connectivity index (χ2n) is 44.5.